The number of rotatable bonds is 4. The molecule has 0 fully saturated rings. The molecule has 3 nitrogen and oxygen atoms in total. The number of carbonyl (C=O) groups is 1. The molecule has 2 amide bonds. The van der Waals surface area contributed by atoms with Crippen LogP contribution in [-0.4, -0.2) is 6.03 Å². The summed E-state index contributed by atoms with van der Waals surface area (Å²) in [5, 5.41) is 4.94. The van der Waals surface area contributed by atoms with Crippen molar-refractivity contribution in [2.45, 2.75) is 25.8 Å². The lowest BCUT2D eigenvalue weighted by Gasteiger charge is -2.30. The standard InChI is InChI=1S/C17H17F3N2O/c1-3-17(2,11-7-5-4-6-8-11)22-16(23)21-13-10-9-12(18)14(19)15(13)20/h4-10H,3H2,1-2H3,(H2,21,22,23). The van der Waals surface area contributed by atoms with E-state index in [1.165, 1.54) is 0 Å². The Labute approximate surface area is 132 Å². The van der Waals surface area contributed by atoms with Gasteiger partial charge in [-0.1, -0.05) is 37.3 Å². The average molecular weight is 322 g/mol. The van der Waals surface area contributed by atoms with Gasteiger partial charge in [-0.15, -0.1) is 0 Å². The van der Waals surface area contributed by atoms with Gasteiger partial charge in [0.05, 0.1) is 11.2 Å². The van der Waals surface area contributed by atoms with E-state index in [-0.39, 0.29) is 0 Å². The van der Waals surface area contributed by atoms with Crippen LogP contribution in [0.3, 0.4) is 0 Å². The third-order valence-electron chi connectivity index (χ3n) is 3.79. The second-order valence-electron chi connectivity index (χ2n) is 5.35. The van der Waals surface area contributed by atoms with Crippen LogP contribution in [0.2, 0.25) is 0 Å². The first-order valence-electron chi connectivity index (χ1n) is 7.15. The molecule has 6 heteroatoms. The van der Waals surface area contributed by atoms with Crippen molar-refractivity contribution >= 4 is 11.7 Å². The first-order valence-corrected chi connectivity index (χ1v) is 7.15. The van der Waals surface area contributed by atoms with Crippen LogP contribution in [0.4, 0.5) is 23.7 Å². The molecule has 0 aliphatic heterocycles. The molecule has 2 aromatic rings. The van der Waals surface area contributed by atoms with Crippen molar-refractivity contribution in [2.24, 2.45) is 0 Å². The van der Waals surface area contributed by atoms with Crippen LogP contribution in [-0.2, 0) is 5.54 Å². The second kappa shape index (κ2) is 6.73. The van der Waals surface area contributed by atoms with Crippen molar-refractivity contribution < 1.29 is 18.0 Å². The molecular formula is C17H17F3N2O. The maximum absolute atomic E-state index is 13.6. The molecule has 1 atom stereocenters. The molecule has 1 unspecified atom stereocenters. The van der Waals surface area contributed by atoms with Crippen molar-refractivity contribution in [1.29, 1.82) is 0 Å². The monoisotopic (exact) mass is 322 g/mol. The number of anilines is 1. The van der Waals surface area contributed by atoms with Gasteiger partial charge < -0.3 is 10.6 Å². The summed E-state index contributed by atoms with van der Waals surface area (Å²) in [6, 6.07) is 10.3. The smallest absolute Gasteiger partial charge is 0.320 e. The number of urea groups is 1. The molecule has 0 saturated heterocycles. The third kappa shape index (κ3) is 3.64. The van der Waals surface area contributed by atoms with E-state index in [1.807, 2.05) is 44.2 Å². The number of amides is 2. The largest absolute Gasteiger partial charge is 0.329 e. The summed E-state index contributed by atoms with van der Waals surface area (Å²) in [5.41, 5.74) is -0.225. The highest BCUT2D eigenvalue weighted by atomic mass is 19.2. The lowest BCUT2D eigenvalue weighted by molar-refractivity contribution is 0.237. The third-order valence-corrected chi connectivity index (χ3v) is 3.79. The molecular weight excluding hydrogens is 305 g/mol. The number of hydrogen-bond acceptors (Lipinski definition) is 1. The number of halogens is 3. The fourth-order valence-corrected chi connectivity index (χ4v) is 2.20. The topological polar surface area (TPSA) is 41.1 Å². The Kier molecular flexibility index (Phi) is 4.93. The highest BCUT2D eigenvalue weighted by Gasteiger charge is 2.27. The Morgan fingerprint density at radius 2 is 1.70 bits per heavy atom. The van der Waals surface area contributed by atoms with Crippen molar-refractivity contribution in [1.82, 2.24) is 5.32 Å². The quantitative estimate of drug-likeness (QED) is 0.797. The van der Waals surface area contributed by atoms with Crippen LogP contribution in [0, 0.1) is 17.5 Å². The van der Waals surface area contributed by atoms with E-state index in [9.17, 15) is 18.0 Å². The second-order valence-corrected chi connectivity index (χ2v) is 5.35. The van der Waals surface area contributed by atoms with Crippen molar-refractivity contribution in [2.75, 3.05) is 5.32 Å². The highest BCUT2D eigenvalue weighted by Crippen LogP contribution is 2.25. The SMILES string of the molecule is CCC(C)(NC(=O)Nc1ccc(F)c(F)c1F)c1ccccc1. The van der Waals surface area contributed by atoms with Crippen LogP contribution >= 0.6 is 0 Å². The molecule has 2 aromatic carbocycles. The van der Waals surface area contributed by atoms with Crippen molar-refractivity contribution in [3.8, 4) is 0 Å². The minimum atomic E-state index is -1.62. The highest BCUT2D eigenvalue weighted by molar-refractivity contribution is 5.90. The van der Waals surface area contributed by atoms with E-state index < -0.39 is 34.7 Å². The van der Waals surface area contributed by atoms with Gasteiger partial charge in [0.25, 0.3) is 0 Å². The maximum Gasteiger partial charge on any atom is 0.320 e. The van der Waals surface area contributed by atoms with Crippen LogP contribution in [0.1, 0.15) is 25.8 Å². The zero-order valence-electron chi connectivity index (χ0n) is 12.8. The molecule has 122 valence electrons. The van der Waals surface area contributed by atoms with Gasteiger partial charge in [-0.05, 0) is 31.0 Å². The average Bonchev–Trinajstić information content (AvgIpc) is 2.56. The summed E-state index contributed by atoms with van der Waals surface area (Å²) in [7, 11) is 0. The zero-order valence-corrected chi connectivity index (χ0v) is 12.8. The minimum Gasteiger partial charge on any atom is -0.329 e. The number of carbonyl (C=O) groups excluding carboxylic acids is 1. The van der Waals surface area contributed by atoms with Crippen LogP contribution < -0.4 is 10.6 Å². The molecule has 0 saturated carbocycles. The first kappa shape index (κ1) is 16.9. The molecule has 0 aromatic heterocycles. The lowest BCUT2D eigenvalue weighted by Crippen LogP contribution is -2.45. The molecule has 0 bridgehead atoms. The van der Waals surface area contributed by atoms with Gasteiger partial charge in [0.2, 0.25) is 0 Å². The molecule has 0 aliphatic rings. The van der Waals surface area contributed by atoms with E-state index >= 15 is 0 Å². The van der Waals surface area contributed by atoms with Crippen molar-refractivity contribution in [3.63, 3.8) is 0 Å². The molecule has 23 heavy (non-hydrogen) atoms. The molecule has 2 rings (SSSR count). The molecule has 0 spiro atoms. The van der Waals surface area contributed by atoms with E-state index in [1.54, 1.807) is 0 Å². The van der Waals surface area contributed by atoms with Gasteiger partial charge in [-0.25, -0.2) is 18.0 Å². The molecule has 2 N–H and O–H groups in total. The minimum absolute atomic E-state index is 0.423. The van der Waals surface area contributed by atoms with Crippen LogP contribution in [0.15, 0.2) is 42.5 Å². The van der Waals surface area contributed by atoms with Crippen molar-refractivity contribution in [3.05, 3.63) is 65.5 Å². The Morgan fingerprint density at radius 3 is 2.30 bits per heavy atom. The van der Waals surface area contributed by atoms with Gasteiger partial charge in [0.15, 0.2) is 17.5 Å². The normalized spacial score (nSPS) is 13.3. The van der Waals surface area contributed by atoms with Gasteiger partial charge in [-0.3, -0.25) is 0 Å². The fourth-order valence-electron chi connectivity index (χ4n) is 2.20. The number of hydrogen-bond donors (Lipinski definition) is 2. The summed E-state index contributed by atoms with van der Waals surface area (Å²) in [6.45, 7) is 3.72. The predicted molar refractivity (Wildman–Crippen MR) is 82.6 cm³/mol. The van der Waals surface area contributed by atoms with E-state index in [2.05, 4.69) is 10.6 Å². The van der Waals surface area contributed by atoms with E-state index in [0.29, 0.717) is 6.42 Å². The molecule has 0 aliphatic carbocycles. The lowest BCUT2D eigenvalue weighted by atomic mass is 9.89. The Morgan fingerprint density at radius 1 is 1.04 bits per heavy atom. The summed E-state index contributed by atoms with van der Waals surface area (Å²) in [4.78, 5) is 12.1. The van der Waals surface area contributed by atoms with Crippen LogP contribution in [0.25, 0.3) is 0 Å². The van der Waals surface area contributed by atoms with Gasteiger partial charge >= 0.3 is 6.03 Å². The van der Waals surface area contributed by atoms with E-state index in [0.717, 1.165) is 17.7 Å². The predicted octanol–water partition coefficient (Wildman–Crippen LogP) is 4.55. The Hall–Kier alpha value is -2.50. The fraction of sp³-hybridized carbons (Fsp3) is 0.235. The summed E-state index contributed by atoms with van der Waals surface area (Å²) in [5.74, 6) is -4.36. The molecule has 0 radical (unpaired) electrons. The van der Waals surface area contributed by atoms with E-state index in [4.69, 9.17) is 0 Å². The first-order chi connectivity index (χ1) is 10.9. The van der Waals surface area contributed by atoms with Gasteiger partial charge in [-0.2, -0.15) is 0 Å². The maximum atomic E-state index is 13.6. The summed E-state index contributed by atoms with van der Waals surface area (Å²) in [6.07, 6.45) is 0.588. The number of nitrogens with one attached hydrogen (secondary N) is 2. The summed E-state index contributed by atoms with van der Waals surface area (Å²) >= 11 is 0. The van der Waals surface area contributed by atoms with Gasteiger partial charge in [0.1, 0.15) is 0 Å². The zero-order chi connectivity index (χ0) is 17.0. The number of benzene rings is 2. The Balaban J connectivity index is 2.17. The van der Waals surface area contributed by atoms with Gasteiger partial charge in [0, 0.05) is 0 Å². The Bertz CT molecular complexity index is 706. The summed E-state index contributed by atoms with van der Waals surface area (Å²) < 4.78 is 39.7. The molecule has 0 heterocycles. The van der Waals surface area contributed by atoms with Crippen LogP contribution in [0.5, 0.6) is 0 Å².